The van der Waals surface area contributed by atoms with Gasteiger partial charge in [-0.05, 0) is 55.9 Å². The summed E-state index contributed by atoms with van der Waals surface area (Å²) in [5.41, 5.74) is 5.96. The maximum absolute atomic E-state index is 12.4. The molecule has 7 heteroatoms. The van der Waals surface area contributed by atoms with Crippen LogP contribution in [-0.2, 0) is 14.8 Å². The van der Waals surface area contributed by atoms with Gasteiger partial charge in [0.05, 0.1) is 10.4 Å². The lowest BCUT2D eigenvalue weighted by Crippen LogP contribution is -2.52. The first-order valence-corrected chi connectivity index (χ1v) is 10.1. The molecule has 0 spiro atoms. The van der Waals surface area contributed by atoms with Gasteiger partial charge >= 0.3 is 0 Å². The van der Waals surface area contributed by atoms with Gasteiger partial charge in [0.25, 0.3) is 0 Å². The number of carbonyl (C=O) groups is 1. The number of sulfonamides is 1. The van der Waals surface area contributed by atoms with Crippen molar-refractivity contribution < 1.29 is 13.2 Å². The van der Waals surface area contributed by atoms with E-state index in [4.69, 9.17) is 5.73 Å². The second-order valence-corrected chi connectivity index (χ2v) is 8.76. The molecule has 132 valence electrons. The summed E-state index contributed by atoms with van der Waals surface area (Å²) in [6, 6.07) is 6.23. The normalized spacial score (nSPS) is 20.5. The van der Waals surface area contributed by atoms with E-state index in [1.165, 1.54) is 12.1 Å². The monoisotopic (exact) mass is 351 g/mol. The van der Waals surface area contributed by atoms with Gasteiger partial charge in [0.1, 0.15) is 0 Å². The summed E-state index contributed by atoms with van der Waals surface area (Å²) in [7, 11) is -3.48. The molecule has 2 aliphatic rings. The van der Waals surface area contributed by atoms with Crippen LogP contribution < -0.4 is 15.8 Å². The predicted octanol–water partition coefficient (Wildman–Crippen LogP) is 1.97. The lowest BCUT2D eigenvalue weighted by atomic mass is 9.82. The number of nitrogens with one attached hydrogen (secondary N) is 2. The Hall–Kier alpha value is -1.44. The summed E-state index contributed by atoms with van der Waals surface area (Å²) >= 11 is 0. The van der Waals surface area contributed by atoms with E-state index in [2.05, 4.69) is 10.0 Å². The van der Waals surface area contributed by atoms with E-state index >= 15 is 0 Å². The van der Waals surface area contributed by atoms with Crippen molar-refractivity contribution >= 4 is 21.6 Å². The van der Waals surface area contributed by atoms with Crippen LogP contribution in [0.15, 0.2) is 29.2 Å². The Labute approximate surface area is 143 Å². The van der Waals surface area contributed by atoms with Crippen molar-refractivity contribution in [3.8, 4) is 0 Å². The molecule has 4 N–H and O–H groups in total. The van der Waals surface area contributed by atoms with Crippen LogP contribution >= 0.6 is 0 Å². The highest BCUT2D eigenvalue weighted by Gasteiger charge is 2.35. The Balaban J connectivity index is 1.62. The second-order valence-electron chi connectivity index (χ2n) is 6.99. The SMILES string of the molecule is NC1(C(=O)Nc2ccc(S(=O)(=O)NCC3CC3)cc2)CCCCC1. The van der Waals surface area contributed by atoms with E-state index in [1.54, 1.807) is 12.1 Å². The zero-order valence-corrected chi connectivity index (χ0v) is 14.6. The van der Waals surface area contributed by atoms with Crippen molar-refractivity contribution in [2.45, 2.75) is 55.4 Å². The molecule has 0 saturated heterocycles. The van der Waals surface area contributed by atoms with Crippen molar-refractivity contribution in [2.24, 2.45) is 11.7 Å². The van der Waals surface area contributed by atoms with Crippen LogP contribution in [0.25, 0.3) is 0 Å². The first-order valence-electron chi connectivity index (χ1n) is 8.59. The van der Waals surface area contributed by atoms with Crippen LogP contribution in [0.3, 0.4) is 0 Å². The third kappa shape index (κ3) is 4.15. The molecule has 0 heterocycles. The van der Waals surface area contributed by atoms with Gasteiger partial charge in [-0.1, -0.05) is 19.3 Å². The number of benzene rings is 1. The number of nitrogens with two attached hydrogens (primary N) is 1. The maximum Gasteiger partial charge on any atom is 0.244 e. The third-order valence-corrected chi connectivity index (χ3v) is 6.32. The molecule has 0 aliphatic heterocycles. The maximum atomic E-state index is 12.4. The lowest BCUT2D eigenvalue weighted by Gasteiger charge is -2.31. The third-order valence-electron chi connectivity index (χ3n) is 4.88. The highest BCUT2D eigenvalue weighted by atomic mass is 32.2. The van der Waals surface area contributed by atoms with E-state index in [0.717, 1.165) is 32.1 Å². The summed E-state index contributed by atoms with van der Waals surface area (Å²) in [6.45, 7) is 0.497. The van der Waals surface area contributed by atoms with Crippen LogP contribution in [0.2, 0.25) is 0 Å². The van der Waals surface area contributed by atoms with E-state index in [-0.39, 0.29) is 10.8 Å². The molecule has 2 saturated carbocycles. The summed E-state index contributed by atoms with van der Waals surface area (Å²) in [5, 5.41) is 2.81. The minimum absolute atomic E-state index is 0.190. The molecular formula is C17H25N3O3S. The van der Waals surface area contributed by atoms with Gasteiger partial charge in [-0.2, -0.15) is 0 Å². The van der Waals surface area contributed by atoms with Crippen molar-refractivity contribution in [2.75, 3.05) is 11.9 Å². The minimum atomic E-state index is -3.48. The average molecular weight is 351 g/mol. The van der Waals surface area contributed by atoms with Crippen molar-refractivity contribution in [3.63, 3.8) is 0 Å². The Morgan fingerprint density at radius 2 is 1.75 bits per heavy atom. The largest absolute Gasteiger partial charge is 0.324 e. The molecule has 1 amide bonds. The number of hydrogen-bond donors (Lipinski definition) is 3. The van der Waals surface area contributed by atoms with Crippen LogP contribution in [0.4, 0.5) is 5.69 Å². The van der Waals surface area contributed by atoms with Crippen molar-refractivity contribution in [3.05, 3.63) is 24.3 Å². The summed E-state index contributed by atoms with van der Waals surface area (Å²) in [5.74, 6) is 0.291. The van der Waals surface area contributed by atoms with Crippen molar-refractivity contribution in [1.29, 1.82) is 0 Å². The average Bonchev–Trinajstić information content (AvgIpc) is 3.39. The molecule has 1 aromatic carbocycles. The van der Waals surface area contributed by atoms with E-state index in [0.29, 0.717) is 31.0 Å². The van der Waals surface area contributed by atoms with Gasteiger partial charge in [-0.25, -0.2) is 13.1 Å². The van der Waals surface area contributed by atoms with E-state index in [9.17, 15) is 13.2 Å². The Morgan fingerprint density at radius 1 is 1.12 bits per heavy atom. The van der Waals surface area contributed by atoms with Gasteiger partial charge in [0.2, 0.25) is 15.9 Å². The quantitative estimate of drug-likeness (QED) is 0.729. The van der Waals surface area contributed by atoms with Gasteiger partial charge in [-0.3, -0.25) is 4.79 Å². The van der Waals surface area contributed by atoms with Crippen LogP contribution in [0.1, 0.15) is 44.9 Å². The number of rotatable bonds is 6. The molecule has 6 nitrogen and oxygen atoms in total. The molecular weight excluding hydrogens is 326 g/mol. The predicted molar refractivity (Wildman–Crippen MR) is 93.0 cm³/mol. The smallest absolute Gasteiger partial charge is 0.244 e. The molecule has 0 radical (unpaired) electrons. The Kier molecular flexibility index (Phi) is 4.94. The fraction of sp³-hybridized carbons (Fsp3) is 0.588. The first-order chi connectivity index (χ1) is 11.4. The van der Waals surface area contributed by atoms with E-state index in [1.807, 2.05) is 0 Å². The summed E-state index contributed by atoms with van der Waals surface area (Å²) in [4.78, 5) is 12.6. The first kappa shape index (κ1) is 17.4. The van der Waals surface area contributed by atoms with Gasteiger partial charge in [0.15, 0.2) is 0 Å². The van der Waals surface area contributed by atoms with Gasteiger partial charge in [0, 0.05) is 12.2 Å². The molecule has 1 aromatic rings. The molecule has 0 atom stereocenters. The molecule has 0 bridgehead atoms. The fourth-order valence-electron chi connectivity index (χ4n) is 3.02. The standard InChI is InChI=1S/C17H25N3O3S/c18-17(10-2-1-3-11-17)16(21)20-14-6-8-15(9-7-14)24(22,23)19-12-13-4-5-13/h6-9,13,19H,1-5,10-12,18H2,(H,20,21). The zero-order valence-electron chi connectivity index (χ0n) is 13.8. The molecule has 0 aromatic heterocycles. The minimum Gasteiger partial charge on any atom is -0.324 e. The second kappa shape index (κ2) is 6.82. The summed E-state index contributed by atoms with van der Waals surface area (Å²) < 4.78 is 27.0. The van der Waals surface area contributed by atoms with Gasteiger partial charge in [-0.15, -0.1) is 0 Å². The molecule has 2 fully saturated rings. The molecule has 3 rings (SSSR count). The summed E-state index contributed by atoms with van der Waals surface area (Å²) in [6.07, 6.45) is 6.61. The number of hydrogen-bond acceptors (Lipinski definition) is 4. The zero-order chi connectivity index (χ0) is 17.2. The van der Waals surface area contributed by atoms with E-state index < -0.39 is 15.6 Å². The molecule has 2 aliphatic carbocycles. The highest BCUT2D eigenvalue weighted by Crippen LogP contribution is 2.29. The number of anilines is 1. The topological polar surface area (TPSA) is 101 Å². The highest BCUT2D eigenvalue weighted by molar-refractivity contribution is 7.89. The molecule has 24 heavy (non-hydrogen) atoms. The Bertz CT molecular complexity index is 690. The van der Waals surface area contributed by atoms with Crippen LogP contribution in [-0.4, -0.2) is 26.4 Å². The van der Waals surface area contributed by atoms with Crippen LogP contribution in [0.5, 0.6) is 0 Å². The number of carbonyl (C=O) groups excluding carboxylic acids is 1. The lowest BCUT2D eigenvalue weighted by molar-refractivity contribution is -0.122. The van der Waals surface area contributed by atoms with Gasteiger partial charge < -0.3 is 11.1 Å². The van der Waals surface area contributed by atoms with Crippen LogP contribution in [0, 0.1) is 5.92 Å². The number of amides is 1. The Morgan fingerprint density at radius 3 is 2.33 bits per heavy atom. The fourth-order valence-corrected chi connectivity index (χ4v) is 4.13. The van der Waals surface area contributed by atoms with Crippen molar-refractivity contribution in [1.82, 2.24) is 4.72 Å². The molecule has 0 unspecified atom stereocenters.